The summed E-state index contributed by atoms with van der Waals surface area (Å²) >= 11 is 0. The molecule has 0 saturated heterocycles. The Bertz CT molecular complexity index is 1890. The van der Waals surface area contributed by atoms with E-state index in [1.54, 1.807) is 0 Å². The third kappa shape index (κ3) is 4.32. The highest BCUT2D eigenvalue weighted by Crippen LogP contribution is 2.32. The van der Waals surface area contributed by atoms with Crippen LogP contribution in [0.3, 0.4) is 0 Å². The summed E-state index contributed by atoms with van der Waals surface area (Å²) in [6.45, 7) is 2.11. The topological polar surface area (TPSA) is 51.6 Å². The lowest BCUT2D eigenvalue weighted by molar-refractivity contribution is 1.15. The minimum atomic E-state index is 0.594. The Balaban J connectivity index is 1.46. The lowest BCUT2D eigenvalue weighted by Crippen LogP contribution is -1.99. The van der Waals surface area contributed by atoms with Gasteiger partial charge in [-0.3, -0.25) is 0 Å². The minimum Gasteiger partial charge on any atom is -0.245 e. The molecule has 0 spiro atoms. The minimum absolute atomic E-state index is 0.594. The van der Waals surface area contributed by atoms with Crippen molar-refractivity contribution in [3.63, 3.8) is 0 Å². The summed E-state index contributed by atoms with van der Waals surface area (Å²) in [5.41, 5.74) is 9.38. The molecule has 0 amide bonds. The maximum absolute atomic E-state index is 5.15. The quantitative estimate of drug-likeness (QED) is 0.227. The third-order valence-corrected chi connectivity index (χ3v) is 7.01. The molecule has 0 aliphatic heterocycles. The van der Waals surface area contributed by atoms with Crippen LogP contribution in [-0.4, -0.2) is 19.9 Å². The number of nitrogens with zero attached hydrogens (tertiary/aromatic N) is 4. The van der Waals surface area contributed by atoms with Gasteiger partial charge in [0.05, 0.1) is 28.1 Å². The standard InChI is InChI=1S/C35H24N4/c1-23-21-32(35-38-30(25-13-7-3-8-14-25)22-31(39-35)26-15-9-4-10-16-26)37-34-28(23)19-17-27-18-20-29(36-33(27)34)24-11-5-2-6-12-24/h2-22H,1H3. The predicted octanol–water partition coefficient (Wildman–Crippen LogP) is 8.55. The van der Waals surface area contributed by atoms with Gasteiger partial charge in [-0.2, -0.15) is 0 Å². The zero-order valence-corrected chi connectivity index (χ0v) is 21.4. The molecule has 0 unspecified atom stereocenters. The highest BCUT2D eigenvalue weighted by Gasteiger charge is 2.15. The summed E-state index contributed by atoms with van der Waals surface area (Å²) in [6, 6.07) is 43.2. The van der Waals surface area contributed by atoms with Crippen LogP contribution >= 0.6 is 0 Å². The molecular weight excluding hydrogens is 476 g/mol. The van der Waals surface area contributed by atoms with Gasteiger partial charge in [0.1, 0.15) is 5.69 Å². The molecule has 3 heterocycles. The van der Waals surface area contributed by atoms with Crippen LogP contribution in [0.15, 0.2) is 127 Å². The molecule has 7 rings (SSSR count). The molecule has 0 aliphatic rings. The van der Waals surface area contributed by atoms with Crippen molar-refractivity contribution >= 4 is 21.8 Å². The fourth-order valence-electron chi connectivity index (χ4n) is 5.00. The summed E-state index contributed by atoms with van der Waals surface area (Å²) in [7, 11) is 0. The number of fused-ring (bicyclic) bond motifs is 3. The molecule has 0 aliphatic carbocycles. The van der Waals surface area contributed by atoms with Crippen molar-refractivity contribution in [1.29, 1.82) is 0 Å². The highest BCUT2D eigenvalue weighted by molar-refractivity contribution is 6.05. The molecule has 7 aromatic rings. The second-order valence-corrected chi connectivity index (χ2v) is 9.61. The molecular formula is C35H24N4. The third-order valence-electron chi connectivity index (χ3n) is 7.01. The van der Waals surface area contributed by atoms with Crippen LogP contribution < -0.4 is 0 Å². The van der Waals surface area contributed by atoms with E-state index in [0.29, 0.717) is 5.82 Å². The normalized spacial score (nSPS) is 11.2. The SMILES string of the molecule is Cc1cc(-c2nc(-c3ccccc3)cc(-c3ccccc3)n2)nc2c1ccc1ccc(-c3ccccc3)nc12. The Hall–Kier alpha value is -5.22. The van der Waals surface area contributed by atoms with Crippen molar-refractivity contribution in [3.05, 3.63) is 133 Å². The van der Waals surface area contributed by atoms with Gasteiger partial charge >= 0.3 is 0 Å². The summed E-state index contributed by atoms with van der Waals surface area (Å²) in [5, 5.41) is 2.13. The first-order valence-electron chi connectivity index (χ1n) is 13.0. The van der Waals surface area contributed by atoms with Crippen LogP contribution in [0.2, 0.25) is 0 Å². The molecule has 39 heavy (non-hydrogen) atoms. The first-order valence-corrected chi connectivity index (χ1v) is 13.0. The molecule has 3 aromatic heterocycles. The summed E-state index contributed by atoms with van der Waals surface area (Å²) < 4.78 is 0. The van der Waals surface area contributed by atoms with E-state index >= 15 is 0 Å². The fourth-order valence-corrected chi connectivity index (χ4v) is 5.00. The van der Waals surface area contributed by atoms with Crippen molar-refractivity contribution < 1.29 is 0 Å². The van der Waals surface area contributed by atoms with E-state index in [9.17, 15) is 0 Å². The largest absolute Gasteiger partial charge is 0.245 e. The lowest BCUT2D eigenvalue weighted by Gasteiger charge is -2.12. The van der Waals surface area contributed by atoms with Crippen LogP contribution in [-0.2, 0) is 0 Å². The molecule has 4 aromatic carbocycles. The number of hydrogen-bond donors (Lipinski definition) is 0. The Morgan fingerprint density at radius 3 is 1.51 bits per heavy atom. The Labute approximate surface area is 226 Å². The van der Waals surface area contributed by atoms with Crippen LogP contribution in [0.4, 0.5) is 0 Å². The zero-order chi connectivity index (χ0) is 26.2. The maximum atomic E-state index is 5.15. The number of benzene rings is 4. The van der Waals surface area contributed by atoms with Crippen LogP contribution in [0.1, 0.15) is 5.56 Å². The van der Waals surface area contributed by atoms with Crippen molar-refractivity contribution in [2.75, 3.05) is 0 Å². The lowest BCUT2D eigenvalue weighted by atomic mass is 10.0. The number of aromatic nitrogens is 4. The Kier molecular flexibility index (Phi) is 5.64. The van der Waals surface area contributed by atoms with Crippen LogP contribution in [0, 0.1) is 6.92 Å². The number of aryl methyl sites for hydroxylation is 1. The zero-order valence-electron chi connectivity index (χ0n) is 21.4. The van der Waals surface area contributed by atoms with E-state index in [4.69, 9.17) is 19.9 Å². The molecule has 4 nitrogen and oxygen atoms in total. The van der Waals surface area contributed by atoms with Crippen molar-refractivity contribution in [3.8, 4) is 45.3 Å². The van der Waals surface area contributed by atoms with Gasteiger partial charge in [-0.1, -0.05) is 109 Å². The van der Waals surface area contributed by atoms with Crippen molar-refractivity contribution in [2.45, 2.75) is 6.92 Å². The average molecular weight is 501 g/mol. The first-order chi connectivity index (χ1) is 19.2. The van der Waals surface area contributed by atoms with Gasteiger partial charge in [0.15, 0.2) is 5.82 Å². The maximum Gasteiger partial charge on any atom is 0.179 e. The number of pyridine rings is 2. The molecule has 0 bridgehead atoms. The number of hydrogen-bond acceptors (Lipinski definition) is 4. The monoisotopic (exact) mass is 500 g/mol. The van der Waals surface area contributed by atoms with Crippen molar-refractivity contribution in [1.82, 2.24) is 19.9 Å². The average Bonchev–Trinajstić information content (AvgIpc) is 3.01. The van der Waals surface area contributed by atoms with Gasteiger partial charge in [0.2, 0.25) is 0 Å². The predicted molar refractivity (Wildman–Crippen MR) is 159 cm³/mol. The second-order valence-electron chi connectivity index (χ2n) is 9.61. The smallest absolute Gasteiger partial charge is 0.179 e. The van der Waals surface area contributed by atoms with Gasteiger partial charge in [-0.25, -0.2) is 19.9 Å². The first kappa shape index (κ1) is 22.9. The van der Waals surface area contributed by atoms with E-state index in [1.165, 1.54) is 0 Å². The fraction of sp³-hybridized carbons (Fsp3) is 0.0286. The number of rotatable bonds is 4. The molecule has 4 heteroatoms. The van der Waals surface area contributed by atoms with Gasteiger partial charge in [-0.15, -0.1) is 0 Å². The van der Waals surface area contributed by atoms with Crippen LogP contribution in [0.25, 0.3) is 67.1 Å². The molecule has 0 radical (unpaired) electrons. The van der Waals surface area contributed by atoms with E-state index in [-0.39, 0.29) is 0 Å². The van der Waals surface area contributed by atoms with Gasteiger partial charge in [-0.05, 0) is 30.7 Å². The molecule has 0 saturated carbocycles. The molecule has 0 fully saturated rings. The molecule has 184 valence electrons. The summed E-state index contributed by atoms with van der Waals surface area (Å²) in [5.74, 6) is 0.594. The Morgan fingerprint density at radius 1 is 0.410 bits per heavy atom. The summed E-state index contributed by atoms with van der Waals surface area (Å²) in [6.07, 6.45) is 0. The van der Waals surface area contributed by atoms with Gasteiger partial charge in [0.25, 0.3) is 0 Å². The van der Waals surface area contributed by atoms with Gasteiger partial charge < -0.3 is 0 Å². The van der Waals surface area contributed by atoms with Crippen molar-refractivity contribution in [2.24, 2.45) is 0 Å². The highest BCUT2D eigenvalue weighted by atomic mass is 14.9. The molecule has 0 N–H and O–H groups in total. The molecule has 0 atom stereocenters. The van der Waals surface area contributed by atoms with E-state index in [2.05, 4.69) is 73.7 Å². The van der Waals surface area contributed by atoms with E-state index in [0.717, 1.165) is 66.8 Å². The second kappa shape index (κ2) is 9.58. The Morgan fingerprint density at radius 2 is 0.923 bits per heavy atom. The van der Waals surface area contributed by atoms with E-state index < -0.39 is 0 Å². The van der Waals surface area contributed by atoms with E-state index in [1.807, 2.05) is 60.7 Å². The van der Waals surface area contributed by atoms with Gasteiger partial charge in [0, 0.05) is 27.5 Å². The van der Waals surface area contributed by atoms with Crippen LogP contribution in [0.5, 0.6) is 0 Å². The summed E-state index contributed by atoms with van der Waals surface area (Å²) in [4.78, 5) is 20.2.